The van der Waals surface area contributed by atoms with Crippen LogP contribution in [0, 0.1) is 12.7 Å². The predicted molar refractivity (Wildman–Crippen MR) is 78.1 cm³/mol. The second kappa shape index (κ2) is 4.97. The van der Waals surface area contributed by atoms with Crippen molar-refractivity contribution in [3.05, 3.63) is 63.9 Å². The van der Waals surface area contributed by atoms with Crippen molar-refractivity contribution in [1.29, 1.82) is 0 Å². The number of Topliss-reactive ketones (excluding diaryl/α,β-unsaturated/α-hetero) is 1. The fourth-order valence-corrected chi connectivity index (χ4v) is 2.71. The summed E-state index contributed by atoms with van der Waals surface area (Å²) in [6, 6.07) is 9.49. The molecule has 2 aromatic rings. The van der Waals surface area contributed by atoms with E-state index in [2.05, 4.69) is 0 Å². The van der Waals surface area contributed by atoms with Gasteiger partial charge in [-0.3, -0.25) is 14.5 Å². The molecule has 0 atom stereocenters. The van der Waals surface area contributed by atoms with Gasteiger partial charge in [0.25, 0.3) is 11.7 Å². The van der Waals surface area contributed by atoms with Crippen molar-refractivity contribution in [3.63, 3.8) is 0 Å². The third-order valence-corrected chi connectivity index (χ3v) is 3.83. The van der Waals surface area contributed by atoms with Gasteiger partial charge in [-0.05, 0) is 36.2 Å². The lowest BCUT2D eigenvalue weighted by Gasteiger charge is -2.18. The topological polar surface area (TPSA) is 37.4 Å². The van der Waals surface area contributed by atoms with Gasteiger partial charge >= 0.3 is 0 Å². The fourth-order valence-electron chi connectivity index (χ4n) is 2.41. The number of aryl methyl sites for hydroxylation is 1. The van der Waals surface area contributed by atoms with E-state index < -0.39 is 17.5 Å². The largest absolute Gasteiger partial charge is 0.299 e. The van der Waals surface area contributed by atoms with Gasteiger partial charge in [0.2, 0.25) is 0 Å². The number of hydrogen-bond acceptors (Lipinski definition) is 2. The number of anilines is 1. The minimum Gasteiger partial charge on any atom is -0.297 e. The van der Waals surface area contributed by atoms with Crippen LogP contribution in [0.2, 0.25) is 5.02 Å². The Bertz CT molecular complexity index is 773. The number of benzene rings is 2. The fraction of sp³-hybridized carbons (Fsp3) is 0.125. The Morgan fingerprint density at radius 1 is 1.19 bits per heavy atom. The minimum atomic E-state index is -0.730. The van der Waals surface area contributed by atoms with Crippen LogP contribution in [0.15, 0.2) is 36.4 Å². The predicted octanol–water partition coefficient (Wildman–Crippen LogP) is 3.52. The number of ketones is 1. The van der Waals surface area contributed by atoms with E-state index in [1.54, 1.807) is 12.1 Å². The van der Waals surface area contributed by atoms with Gasteiger partial charge in [0.15, 0.2) is 0 Å². The van der Waals surface area contributed by atoms with Crippen LogP contribution < -0.4 is 4.90 Å². The molecule has 0 aliphatic carbocycles. The highest BCUT2D eigenvalue weighted by Crippen LogP contribution is 2.33. The van der Waals surface area contributed by atoms with E-state index in [4.69, 9.17) is 11.6 Å². The second-order valence-electron chi connectivity index (χ2n) is 4.95. The first-order chi connectivity index (χ1) is 9.99. The van der Waals surface area contributed by atoms with Gasteiger partial charge in [-0.15, -0.1) is 0 Å². The van der Waals surface area contributed by atoms with Crippen molar-refractivity contribution in [2.45, 2.75) is 13.5 Å². The summed E-state index contributed by atoms with van der Waals surface area (Å²) in [7, 11) is 0. The number of carbonyl (C=O) groups is 2. The van der Waals surface area contributed by atoms with Gasteiger partial charge in [-0.2, -0.15) is 0 Å². The molecule has 0 saturated carbocycles. The summed E-state index contributed by atoms with van der Waals surface area (Å²) >= 11 is 6.14. The van der Waals surface area contributed by atoms with Gasteiger partial charge in [0.1, 0.15) is 5.82 Å². The van der Waals surface area contributed by atoms with Crippen molar-refractivity contribution >= 4 is 29.0 Å². The Morgan fingerprint density at radius 3 is 2.67 bits per heavy atom. The Balaban J connectivity index is 2.04. The zero-order valence-corrected chi connectivity index (χ0v) is 11.9. The van der Waals surface area contributed by atoms with Crippen molar-refractivity contribution in [2.75, 3.05) is 4.90 Å². The lowest BCUT2D eigenvalue weighted by atomic mass is 10.1. The van der Waals surface area contributed by atoms with Crippen LogP contribution in [0.1, 0.15) is 21.5 Å². The number of hydrogen-bond donors (Lipinski definition) is 0. The molecule has 1 amide bonds. The van der Waals surface area contributed by atoms with Crippen LogP contribution in [0.4, 0.5) is 10.1 Å². The van der Waals surface area contributed by atoms with Gasteiger partial charge in [-0.1, -0.05) is 29.8 Å². The quantitative estimate of drug-likeness (QED) is 0.796. The number of nitrogens with zero attached hydrogens (tertiary/aromatic N) is 1. The first kappa shape index (κ1) is 13.8. The summed E-state index contributed by atoms with van der Waals surface area (Å²) in [5.41, 5.74) is 1.78. The minimum absolute atomic E-state index is 0.0316. The number of fused-ring (bicyclic) bond motifs is 1. The Labute approximate surface area is 125 Å². The molecule has 21 heavy (non-hydrogen) atoms. The van der Waals surface area contributed by atoms with Crippen molar-refractivity contribution in [3.8, 4) is 0 Å². The summed E-state index contributed by atoms with van der Waals surface area (Å²) < 4.78 is 14.0. The molecule has 106 valence electrons. The number of amides is 1. The maximum Gasteiger partial charge on any atom is 0.299 e. The molecule has 1 aliphatic rings. The maximum atomic E-state index is 14.0. The molecule has 0 saturated heterocycles. The molecular formula is C16H11ClFNO2. The van der Waals surface area contributed by atoms with E-state index in [1.165, 1.54) is 18.2 Å². The highest BCUT2D eigenvalue weighted by molar-refractivity contribution is 6.52. The molecule has 1 heterocycles. The molecule has 1 aliphatic heterocycles. The molecule has 0 unspecified atom stereocenters. The number of carbonyl (C=O) groups excluding carboxylic acids is 2. The van der Waals surface area contributed by atoms with Crippen LogP contribution in [-0.4, -0.2) is 11.7 Å². The normalized spacial score (nSPS) is 13.8. The first-order valence-corrected chi connectivity index (χ1v) is 6.76. The van der Waals surface area contributed by atoms with Crippen LogP contribution in [0.3, 0.4) is 0 Å². The van der Waals surface area contributed by atoms with Crippen molar-refractivity contribution in [2.24, 2.45) is 0 Å². The summed E-state index contributed by atoms with van der Waals surface area (Å²) in [5, 5.41) is 0.486. The summed E-state index contributed by atoms with van der Waals surface area (Å²) in [6.07, 6.45) is 0. The third-order valence-electron chi connectivity index (χ3n) is 3.48. The van der Waals surface area contributed by atoms with Gasteiger partial charge in [0.05, 0.1) is 17.8 Å². The zero-order valence-electron chi connectivity index (χ0n) is 11.2. The molecule has 0 aromatic heterocycles. The van der Waals surface area contributed by atoms with Crippen LogP contribution in [0.25, 0.3) is 0 Å². The molecule has 2 aromatic carbocycles. The molecule has 0 radical (unpaired) electrons. The molecule has 0 bridgehead atoms. The Morgan fingerprint density at radius 2 is 1.95 bits per heavy atom. The average molecular weight is 304 g/mol. The van der Waals surface area contributed by atoms with Crippen molar-refractivity contribution in [1.82, 2.24) is 0 Å². The highest BCUT2D eigenvalue weighted by Gasteiger charge is 2.38. The summed E-state index contributed by atoms with van der Waals surface area (Å²) in [6.45, 7) is 1.97. The molecule has 3 rings (SSSR count). The van der Waals surface area contributed by atoms with E-state index in [0.717, 1.165) is 10.5 Å². The lowest BCUT2D eigenvalue weighted by Crippen LogP contribution is -2.29. The summed E-state index contributed by atoms with van der Waals surface area (Å²) in [5.74, 6) is -2.01. The SMILES string of the molecule is Cc1ccc(CN2C(=O)C(=O)c3cccc(F)c32)c(Cl)c1. The van der Waals surface area contributed by atoms with E-state index in [1.807, 2.05) is 13.0 Å². The Kier molecular flexibility index (Phi) is 3.26. The zero-order chi connectivity index (χ0) is 15.1. The lowest BCUT2D eigenvalue weighted by molar-refractivity contribution is -0.114. The third kappa shape index (κ3) is 2.21. The van der Waals surface area contributed by atoms with Gasteiger partial charge in [0, 0.05) is 5.02 Å². The van der Waals surface area contributed by atoms with Crippen LogP contribution in [-0.2, 0) is 11.3 Å². The monoisotopic (exact) mass is 303 g/mol. The molecule has 0 N–H and O–H groups in total. The summed E-state index contributed by atoms with van der Waals surface area (Å²) in [4.78, 5) is 25.1. The molecular weight excluding hydrogens is 293 g/mol. The molecule has 3 nitrogen and oxygen atoms in total. The van der Waals surface area contributed by atoms with Gasteiger partial charge in [-0.25, -0.2) is 4.39 Å². The number of rotatable bonds is 2. The second-order valence-corrected chi connectivity index (χ2v) is 5.36. The van der Waals surface area contributed by atoms with Crippen LogP contribution >= 0.6 is 11.6 Å². The Hall–Kier alpha value is -2.20. The molecule has 5 heteroatoms. The van der Waals surface area contributed by atoms with Gasteiger partial charge < -0.3 is 0 Å². The number of halogens is 2. The van der Waals surface area contributed by atoms with E-state index in [0.29, 0.717) is 10.6 Å². The maximum absolute atomic E-state index is 14.0. The molecule has 0 spiro atoms. The highest BCUT2D eigenvalue weighted by atomic mass is 35.5. The number of para-hydroxylation sites is 1. The van der Waals surface area contributed by atoms with Crippen molar-refractivity contribution < 1.29 is 14.0 Å². The van der Waals surface area contributed by atoms with E-state index in [9.17, 15) is 14.0 Å². The van der Waals surface area contributed by atoms with Crippen LogP contribution in [0.5, 0.6) is 0 Å². The van der Waals surface area contributed by atoms with E-state index in [-0.39, 0.29) is 17.8 Å². The molecule has 0 fully saturated rings. The average Bonchev–Trinajstić information content (AvgIpc) is 2.68. The van der Waals surface area contributed by atoms with E-state index >= 15 is 0 Å². The standard InChI is InChI=1S/C16H11ClFNO2/c1-9-5-6-10(12(17)7-9)8-19-14-11(15(20)16(19)21)3-2-4-13(14)18/h2-7H,8H2,1H3. The first-order valence-electron chi connectivity index (χ1n) is 6.39. The smallest absolute Gasteiger partial charge is 0.297 e.